The summed E-state index contributed by atoms with van der Waals surface area (Å²) in [6.45, 7) is 5.92. The van der Waals surface area contributed by atoms with E-state index < -0.39 is 18.9 Å². The second-order valence-corrected chi connectivity index (χ2v) is 12.1. The van der Waals surface area contributed by atoms with E-state index in [-0.39, 0.29) is 27.9 Å². The molecule has 2 aliphatic carbocycles. The fourth-order valence-electron chi connectivity index (χ4n) is 2.81. The van der Waals surface area contributed by atoms with Crippen LogP contribution >= 0.6 is 7.92 Å². The molecule has 2 aromatic carbocycles. The molecule has 165 valence electrons. The molecule has 0 bridgehead atoms. The summed E-state index contributed by atoms with van der Waals surface area (Å²) in [6, 6.07) is 20.9. The van der Waals surface area contributed by atoms with Gasteiger partial charge in [0, 0.05) is 6.04 Å². The zero-order chi connectivity index (χ0) is 22.8. The Morgan fingerprint density at radius 2 is 1.55 bits per heavy atom. The van der Waals surface area contributed by atoms with Crippen molar-refractivity contribution in [3.8, 4) is 0 Å². The molecule has 5 heteroatoms. The van der Waals surface area contributed by atoms with Gasteiger partial charge in [0.25, 0.3) is 0 Å². The van der Waals surface area contributed by atoms with Crippen LogP contribution in [0.5, 0.6) is 0 Å². The van der Waals surface area contributed by atoms with E-state index in [1.807, 2.05) is 32.9 Å². The molecule has 0 amide bonds. The van der Waals surface area contributed by atoms with E-state index in [1.165, 1.54) is 10.6 Å². The van der Waals surface area contributed by atoms with Gasteiger partial charge in [0.1, 0.15) is 0 Å². The SMILES string of the molecule is CC(C)(C)[S@@](=O)N[C@H](CP(c1ccccc1)c1ccccc1)C1=C=C=C=[C-]1.[C]1=C=C=C=[C-]1.[Fe+2]. The summed E-state index contributed by atoms with van der Waals surface area (Å²) in [6.07, 6.45) is 8.89. The number of nitrogens with one attached hydrogen (secondary N) is 1. The Labute approximate surface area is 211 Å². The fraction of sp³-hybridized carbons (Fsp3) is 0.214. The van der Waals surface area contributed by atoms with Crippen molar-refractivity contribution in [2.75, 3.05) is 6.16 Å². The number of allylic oxidation sites excluding steroid dienone is 2. The third-order valence-corrected chi connectivity index (χ3v) is 8.61. The molecule has 0 unspecified atom stereocenters. The predicted octanol–water partition coefficient (Wildman–Crippen LogP) is 4.37. The Bertz CT molecular complexity index is 1180. The zero-order valence-electron chi connectivity index (χ0n) is 18.7. The van der Waals surface area contributed by atoms with Gasteiger partial charge in [0.15, 0.2) is 0 Å². The standard InChI is InChI=1S/C23H23NOPS.C5.Fe/c1-23(2,3)27(25)24-22(19-12-10-11-13-19)18-26(20-14-6-4-7-15-20)21-16-8-5-9-17-21;1-2-4-5-3-1;/h4-9,14-17,22,24H,18H2,1-3H3;;/q2*-1;+2/t22-,27-;;/m1../s1. The quantitative estimate of drug-likeness (QED) is 0.256. The summed E-state index contributed by atoms with van der Waals surface area (Å²) in [5, 5.41) is 2.60. The maximum absolute atomic E-state index is 12.8. The van der Waals surface area contributed by atoms with Crippen LogP contribution in [0.2, 0.25) is 0 Å². The average Bonchev–Trinajstić information content (AvgIpc) is 3.54. The molecule has 1 N–H and O–H groups in total. The number of hydrogen-bond acceptors (Lipinski definition) is 1. The van der Waals surface area contributed by atoms with Crippen molar-refractivity contribution in [2.24, 2.45) is 0 Å². The smallest absolute Gasteiger partial charge is 0.289 e. The van der Waals surface area contributed by atoms with E-state index in [0.29, 0.717) is 0 Å². The minimum Gasteiger partial charge on any atom is -0.289 e. The fourth-order valence-corrected chi connectivity index (χ4v) is 6.17. The van der Waals surface area contributed by atoms with E-state index in [0.717, 1.165) is 11.7 Å². The summed E-state index contributed by atoms with van der Waals surface area (Å²) in [5.74, 6) is 0. The van der Waals surface area contributed by atoms with Crippen molar-refractivity contribution in [3.63, 3.8) is 0 Å². The molecule has 0 saturated carbocycles. The molecular formula is C28H23FeNOPS. The third-order valence-electron chi connectivity index (χ3n) is 4.42. The van der Waals surface area contributed by atoms with Gasteiger partial charge in [0.2, 0.25) is 0 Å². The number of rotatable bonds is 7. The maximum atomic E-state index is 12.8. The van der Waals surface area contributed by atoms with Gasteiger partial charge in [0.05, 0.1) is 15.7 Å². The molecule has 2 atom stereocenters. The Morgan fingerprint density at radius 1 is 0.939 bits per heavy atom. The average molecular weight is 508 g/mol. The Kier molecular flexibility index (Phi) is 10.9. The van der Waals surface area contributed by atoms with E-state index in [1.54, 1.807) is 0 Å². The van der Waals surface area contributed by atoms with Crippen molar-refractivity contribution in [1.82, 2.24) is 4.72 Å². The van der Waals surface area contributed by atoms with Crippen LogP contribution in [0.15, 0.2) is 101 Å². The summed E-state index contributed by atoms with van der Waals surface area (Å²) in [7, 11) is -1.81. The molecule has 0 spiro atoms. The number of benzene rings is 2. The van der Waals surface area contributed by atoms with Gasteiger partial charge in [-0.1, -0.05) is 60.7 Å². The summed E-state index contributed by atoms with van der Waals surface area (Å²) < 4.78 is 15.8. The van der Waals surface area contributed by atoms with Crippen molar-refractivity contribution < 1.29 is 21.3 Å². The molecule has 0 heterocycles. The van der Waals surface area contributed by atoms with Crippen LogP contribution in [0, 0.1) is 18.2 Å². The van der Waals surface area contributed by atoms with Crippen molar-refractivity contribution in [2.45, 2.75) is 31.6 Å². The molecule has 2 aromatic rings. The summed E-state index contributed by atoms with van der Waals surface area (Å²) >= 11 is 0. The molecule has 2 nitrogen and oxygen atoms in total. The maximum Gasteiger partial charge on any atom is 2.00 e. The first-order valence-corrected chi connectivity index (χ1v) is 12.8. The Balaban J connectivity index is 0.000000568. The van der Waals surface area contributed by atoms with Crippen LogP contribution in [0.4, 0.5) is 0 Å². The first-order valence-electron chi connectivity index (χ1n) is 10.1. The molecular weight excluding hydrogens is 485 g/mol. The Morgan fingerprint density at radius 3 is 1.94 bits per heavy atom. The van der Waals surface area contributed by atoms with Gasteiger partial charge in [-0.15, -0.1) is 23.8 Å². The molecule has 33 heavy (non-hydrogen) atoms. The largest absolute Gasteiger partial charge is 2.00 e. The monoisotopic (exact) mass is 508 g/mol. The van der Waals surface area contributed by atoms with Crippen molar-refractivity contribution in [3.05, 3.63) is 119 Å². The van der Waals surface area contributed by atoms with Crippen LogP contribution in [0.25, 0.3) is 0 Å². The summed E-state index contributed by atoms with van der Waals surface area (Å²) in [5.41, 5.74) is 17.1. The van der Waals surface area contributed by atoms with Gasteiger partial charge in [-0.05, 0) is 45.5 Å². The molecule has 2 aliphatic rings. The Hall–Kier alpha value is -2.34. The minimum absolute atomic E-state index is 0. The first-order chi connectivity index (χ1) is 15.4. The number of hydrogen-bond donors (Lipinski definition) is 1. The normalized spacial score (nSPS) is 14.1. The molecule has 0 aromatic heterocycles. The molecule has 4 rings (SSSR count). The van der Waals surface area contributed by atoms with Gasteiger partial charge in [-0.25, -0.2) is 20.4 Å². The van der Waals surface area contributed by atoms with Crippen LogP contribution < -0.4 is 15.3 Å². The van der Waals surface area contributed by atoms with Gasteiger partial charge in [-0.3, -0.25) is 22.9 Å². The van der Waals surface area contributed by atoms with Crippen molar-refractivity contribution >= 4 is 29.5 Å². The van der Waals surface area contributed by atoms with Crippen LogP contribution in [-0.4, -0.2) is 21.2 Å². The van der Waals surface area contributed by atoms with Crippen molar-refractivity contribution in [1.29, 1.82) is 0 Å². The summed E-state index contributed by atoms with van der Waals surface area (Å²) in [4.78, 5) is 0. The molecule has 0 aliphatic heterocycles. The predicted molar refractivity (Wildman–Crippen MR) is 133 cm³/mol. The van der Waals surface area contributed by atoms with Crippen LogP contribution in [0.3, 0.4) is 0 Å². The van der Waals surface area contributed by atoms with E-state index in [2.05, 4.69) is 106 Å². The van der Waals surface area contributed by atoms with E-state index in [4.69, 9.17) is 0 Å². The van der Waals surface area contributed by atoms with Gasteiger partial charge >= 0.3 is 17.1 Å². The molecule has 0 saturated heterocycles. The van der Waals surface area contributed by atoms with E-state index in [9.17, 15) is 4.21 Å². The first kappa shape index (κ1) is 26.9. The third kappa shape index (κ3) is 8.50. The minimum atomic E-state index is -1.19. The van der Waals surface area contributed by atoms with E-state index >= 15 is 0 Å². The second-order valence-electron chi connectivity index (χ2n) is 7.87. The molecule has 1 radical (unpaired) electrons. The van der Waals surface area contributed by atoms with Gasteiger partial charge in [-0.2, -0.15) is 0 Å². The van der Waals surface area contributed by atoms with Crippen LogP contribution in [0.1, 0.15) is 20.8 Å². The molecule has 0 fully saturated rings. The zero-order valence-corrected chi connectivity index (χ0v) is 21.5. The van der Waals surface area contributed by atoms with Crippen LogP contribution in [-0.2, 0) is 28.1 Å². The topological polar surface area (TPSA) is 29.1 Å². The second kappa shape index (κ2) is 13.4. The van der Waals surface area contributed by atoms with Gasteiger partial charge < -0.3 is 0 Å².